The van der Waals surface area contributed by atoms with Crippen LogP contribution in [0.15, 0.2) is 18.2 Å². The van der Waals surface area contributed by atoms with Gasteiger partial charge in [-0.1, -0.05) is 11.6 Å². The average Bonchev–Trinajstić information content (AvgIpc) is 2.67. The number of nitrogens with one attached hydrogen (secondary N) is 3. The minimum atomic E-state index is -0.768. The third-order valence-corrected chi connectivity index (χ3v) is 6.68. The van der Waals surface area contributed by atoms with Crippen LogP contribution >= 0.6 is 11.6 Å². The van der Waals surface area contributed by atoms with Gasteiger partial charge >= 0.3 is 6.09 Å². The van der Waals surface area contributed by atoms with E-state index in [0.717, 1.165) is 5.69 Å². The van der Waals surface area contributed by atoms with Crippen LogP contribution in [-0.2, 0) is 9.53 Å². The van der Waals surface area contributed by atoms with Crippen molar-refractivity contribution in [1.29, 1.82) is 0 Å². The molecule has 4 N–H and O–H groups in total. The van der Waals surface area contributed by atoms with E-state index in [9.17, 15) is 14.7 Å². The van der Waals surface area contributed by atoms with E-state index >= 15 is 0 Å². The molecule has 1 heterocycles. The number of alkyl carbamates (subject to hydrolysis) is 1. The molecule has 1 aromatic rings. The Morgan fingerprint density at radius 3 is 2.58 bits per heavy atom. The lowest BCUT2D eigenvalue weighted by Crippen LogP contribution is -2.71. The fourth-order valence-electron chi connectivity index (χ4n) is 4.80. The van der Waals surface area contributed by atoms with Gasteiger partial charge in [0.05, 0.1) is 23.9 Å². The van der Waals surface area contributed by atoms with Crippen LogP contribution < -0.4 is 20.7 Å². The zero-order chi connectivity index (χ0) is 22.4. The summed E-state index contributed by atoms with van der Waals surface area (Å²) < 4.78 is 11.2. The lowest BCUT2D eigenvalue weighted by Gasteiger charge is -2.56. The van der Waals surface area contributed by atoms with Crippen LogP contribution in [0.3, 0.4) is 0 Å². The third kappa shape index (κ3) is 4.55. The lowest BCUT2D eigenvalue weighted by molar-refractivity contribution is -0.134. The summed E-state index contributed by atoms with van der Waals surface area (Å²) in [5.41, 5.74) is -1.06. The Bertz CT molecular complexity index is 876. The zero-order valence-corrected chi connectivity index (χ0v) is 18.8. The van der Waals surface area contributed by atoms with Crippen LogP contribution in [0.25, 0.3) is 0 Å². The molecule has 8 nitrogen and oxygen atoms in total. The molecule has 2 bridgehead atoms. The van der Waals surface area contributed by atoms with E-state index in [1.807, 2.05) is 0 Å². The summed E-state index contributed by atoms with van der Waals surface area (Å²) in [6.07, 6.45) is 0.879. The Hall–Kier alpha value is -2.19. The van der Waals surface area contributed by atoms with E-state index in [-0.39, 0.29) is 5.91 Å². The fraction of sp³-hybridized carbons (Fsp3) is 0.636. The molecule has 5 rings (SSSR count). The lowest BCUT2D eigenvalue weighted by atomic mass is 9.60. The summed E-state index contributed by atoms with van der Waals surface area (Å²) in [6.45, 7) is 5.75. The first-order valence-corrected chi connectivity index (χ1v) is 11.1. The van der Waals surface area contributed by atoms with Crippen molar-refractivity contribution < 1.29 is 24.2 Å². The van der Waals surface area contributed by atoms with E-state index in [1.54, 1.807) is 39.0 Å². The second kappa shape index (κ2) is 7.74. The summed E-state index contributed by atoms with van der Waals surface area (Å²) in [5.74, 6) is 0.371. The minimum Gasteiger partial charge on any atom is -0.477 e. The number of aliphatic hydroxyl groups excluding tert-OH is 1. The molecule has 3 saturated carbocycles. The second-order valence-corrected chi connectivity index (χ2v) is 10.3. The number of carbonyl (C=O) groups is 2. The number of rotatable bonds is 3. The summed E-state index contributed by atoms with van der Waals surface area (Å²) >= 11 is 6.00. The van der Waals surface area contributed by atoms with Crippen molar-refractivity contribution in [3.05, 3.63) is 23.2 Å². The van der Waals surface area contributed by atoms with E-state index in [0.29, 0.717) is 49.4 Å². The molecule has 3 aliphatic carbocycles. The number of carbonyl (C=O) groups excluding carboxylic acids is 2. The maximum atomic E-state index is 13.0. The number of fused-ring (bicyclic) bond motifs is 4. The SMILES string of the molecule is CC(C)(C)OC(=O)NC12CCC(NC(=O)[C@H]3CNc4cc(Cl)ccc4O3)(CC1)C[C@H]2O. The van der Waals surface area contributed by atoms with Gasteiger partial charge in [0.1, 0.15) is 11.4 Å². The van der Waals surface area contributed by atoms with Crippen LogP contribution in [0.2, 0.25) is 5.02 Å². The Morgan fingerprint density at radius 2 is 1.94 bits per heavy atom. The molecule has 170 valence electrons. The predicted molar refractivity (Wildman–Crippen MR) is 116 cm³/mol. The van der Waals surface area contributed by atoms with E-state index in [4.69, 9.17) is 21.1 Å². The van der Waals surface area contributed by atoms with Crippen molar-refractivity contribution in [3.8, 4) is 5.75 Å². The fourth-order valence-corrected chi connectivity index (χ4v) is 4.97. The largest absolute Gasteiger partial charge is 0.477 e. The van der Waals surface area contributed by atoms with Crippen LogP contribution in [0.4, 0.5) is 10.5 Å². The molecular formula is C22H30ClN3O5. The van der Waals surface area contributed by atoms with Gasteiger partial charge in [0, 0.05) is 10.6 Å². The summed E-state index contributed by atoms with van der Waals surface area (Å²) in [4.78, 5) is 25.3. The molecule has 2 amide bonds. The number of hydrogen-bond donors (Lipinski definition) is 4. The maximum absolute atomic E-state index is 13.0. The van der Waals surface area contributed by atoms with Crippen LogP contribution in [0.1, 0.15) is 52.9 Å². The van der Waals surface area contributed by atoms with Crippen molar-refractivity contribution in [2.45, 2.75) is 81.8 Å². The summed E-state index contributed by atoms with van der Waals surface area (Å²) in [6, 6.07) is 5.22. The molecule has 0 saturated heterocycles. The van der Waals surface area contributed by atoms with Crippen molar-refractivity contribution in [3.63, 3.8) is 0 Å². The van der Waals surface area contributed by atoms with Crippen molar-refractivity contribution >= 4 is 29.3 Å². The molecule has 0 spiro atoms. The Kier molecular flexibility index (Phi) is 5.50. The smallest absolute Gasteiger partial charge is 0.408 e. The highest BCUT2D eigenvalue weighted by atomic mass is 35.5. The molecule has 1 aromatic carbocycles. The molecule has 2 atom stereocenters. The van der Waals surface area contributed by atoms with Crippen LogP contribution in [0.5, 0.6) is 5.75 Å². The van der Waals surface area contributed by atoms with Crippen molar-refractivity contribution in [2.75, 3.05) is 11.9 Å². The molecule has 0 unspecified atom stereocenters. The number of ether oxygens (including phenoxy) is 2. The number of hydrogen-bond acceptors (Lipinski definition) is 6. The number of aliphatic hydroxyl groups is 1. The Morgan fingerprint density at radius 1 is 1.23 bits per heavy atom. The molecule has 3 fully saturated rings. The van der Waals surface area contributed by atoms with E-state index in [1.165, 1.54) is 0 Å². The van der Waals surface area contributed by atoms with Gasteiger partial charge < -0.3 is 30.5 Å². The Balaban J connectivity index is 1.38. The maximum Gasteiger partial charge on any atom is 0.408 e. The molecular weight excluding hydrogens is 422 g/mol. The van der Waals surface area contributed by atoms with Gasteiger partial charge in [0.25, 0.3) is 5.91 Å². The number of halogens is 1. The highest BCUT2D eigenvalue weighted by Gasteiger charge is 2.56. The zero-order valence-electron chi connectivity index (χ0n) is 18.1. The first-order chi connectivity index (χ1) is 14.5. The van der Waals surface area contributed by atoms with E-state index < -0.39 is 35.0 Å². The minimum absolute atomic E-state index is 0.213. The first kappa shape index (κ1) is 22.0. The Labute approximate surface area is 187 Å². The van der Waals surface area contributed by atoms with Gasteiger partial charge in [-0.15, -0.1) is 0 Å². The van der Waals surface area contributed by atoms with E-state index in [2.05, 4.69) is 16.0 Å². The monoisotopic (exact) mass is 451 g/mol. The molecule has 0 radical (unpaired) electrons. The van der Waals surface area contributed by atoms with Crippen molar-refractivity contribution in [2.24, 2.45) is 0 Å². The highest BCUT2D eigenvalue weighted by Crippen LogP contribution is 2.47. The quantitative estimate of drug-likeness (QED) is 0.562. The van der Waals surface area contributed by atoms with Gasteiger partial charge in [0.15, 0.2) is 6.10 Å². The third-order valence-electron chi connectivity index (χ3n) is 6.44. The number of amides is 2. The molecule has 31 heavy (non-hydrogen) atoms. The molecule has 1 aliphatic heterocycles. The van der Waals surface area contributed by atoms with Crippen molar-refractivity contribution in [1.82, 2.24) is 10.6 Å². The first-order valence-electron chi connectivity index (χ1n) is 10.7. The average molecular weight is 452 g/mol. The standard InChI is InChI=1S/C22H30ClN3O5/c1-20(2,3)31-19(29)26-22-8-6-21(7-9-22,11-17(22)27)25-18(28)16-12-24-14-10-13(23)4-5-15(14)30-16/h4-5,10,16-17,24,27H,6-9,11-12H2,1-3H3,(H,25,28)(H,26,29)/t16-,17-,21?,22?/m1/s1. The number of benzene rings is 1. The predicted octanol–water partition coefficient (Wildman–Crippen LogP) is 2.97. The molecule has 0 aromatic heterocycles. The number of anilines is 1. The second-order valence-electron chi connectivity index (χ2n) is 9.90. The normalized spacial score (nSPS) is 31.6. The topological polar surface area (TPSA) is 109 Å². The molecule has 9 heteroatoms. The van der Waals surface area contributed by atoms with Gasteiger partial charge in [-0.25, -0.2) is 4.79 Å². The van der Waals surface area contributed by atoms with Crippen LogP contribution in [-0.4, -0.2) is 52.5 Å². The van der Waals surface area contributed by atoms with Gasteiger partial charge in [-0.3, -0.25) is 4.79 Å². The van der Waals surface area contributed by atoms with Gasteiger partial charge in [-0.05, 0) is 71.1 Å². The summed E-state index contributed by atoms with van der Waals surface area (Å²) in [7, 11) is 0. The molecule has 4 aliphatic rings. The van der Waals surface area contributed by atoms with Gasteiger partial charge in [-0.2, -0.15) is 0 Å². The highest BCUT2D eigenvalue weighted by molar-refractivity contribution is 6.30. The van der Waals surface area contributed by atoms with Crippen LogP contribution in [0, 0.1) is 0 Å². The summed E-state index contributed by atoms with van der Waals surface area (Å²) in [5, 5.41) is 20.7. The van der Waals surface area contributed by atoms with Gasteiger partial charge in [0.2, 0.25) is 0 Å².